The third kappa shape index (κ3) is 5.63. The van der Waals surface area contributed by atoms with Gasteiger partial charge < -0.3 is 14.5 Å². The highest BCUT2D eigenvalue weighted by molar-refractivity contribution is 5.85. The SMILES string of the molecule is CN(C)c1cccc(CCN2CCCC2CN2c3ccccc3COc3ccccc32)c1.Cl.Cl. The van der Waals surface area contributed by atoms with E-state index in [2.05, 4.69) is 102 Å². The molecule has 0 radical (unpaired) electrons. The fraction of sp³-hybridized carbons (Fsp3) is 0.357. The summed E-state index contributed by atoms with van der Waals surface area (Å²) in [5.74, 6) is 0.980. The van der Waals surface area contributed by atoms with Gasteiger partial charge in [0.1, 0.15) is 12.4 Å². The Morgan fingerprint density at radius 2 is 1.68 bits per heavy atom. The monoisotopic (exact) mass is 499 g/mol. The summed E-state index contributed by atoms with van der Waals surface area (Å²) in [6.07, 6.45) is 3.62. The van der Waals surface area contributed by atoms with Crippen LogP contribution in [0.5, 0.6) is 5.75 Å². The Labute approximate surface area is 216 Å². The van der Waals surface area contributed by atoms with Crippen LogP contribution in [0.4, 0.5) is 17.1 Å². The topological polar surface area (TPSA) is 19.0 Å². The second-order valence-corrected chi connectivity index (χ2v) is 9.14. The maximum absolute atomic E-state index is 6.17. The molecular weight excluding hydrogens is 465 g/mol. The molecule has 4 nitrogen and oxygen atoms in total. The molecule has 0 saturated carbocycles. The number of anilines is 3. The number of benzene rings is 3. The second kappa shape index (κ2) is 11.8. The highest BCUT2D eigenvalue weighted by atomic mass is 35.5. The van der Waals surface area contributed by atoms with E-state index in [1.165, 1.54) is 47.6 Å². The van der Waals surface area contributed by atoms with Gasteiger partial charge in [-0.1, -0.05) is 42.5 Å². The fourth-order valence-electron chi connectivity index (χ4n) is 5.05. The molecule has 3 aromatic rings. The van der Waals surface area contributed by atoms with Crippen molar-refractivity contribution >= 4 is 41.9 Å². The van der Waals surface area contributed by atoms with Gasteiger partial charge in [-0.25, -0.2) is 0 Å². The van der Waals surface area contributed by atoms with Gasteiger partial charge in [0.25, 0.3) is 0 Å². The Morgan fingerprint density at radius 1 is 0.912 bits per heavy atom. The van der Waals surface area contributed by atoms with Gasteiger partial charge >= 0.3 is 0 Å². The minimum absolute atomic E-state index is 0. The van der Waals surface area contributed by atoms with E-state index >= 15 is 0 Å². The quantitative estimate of drug-likeness (QED) is 0.394. The summed E-state index contributed by atoms with van der Waals surface area (Å²) in [5, 5.41) is 0. The molecular formula is C28H35Cl2N3O. The minimum atomic E-state index is 0. The summed E-state index contributed by atoms with van der Waals surface area (Å²) < 4.78 is 6.17. The van der Waals surface area contributed by atoms with E-state index in [-0.39, 0.29) is 24.8 Å². The standard InChI is InChI=1S/C28H33N3O.2ClH/c1-29(2)24-11-7-9-22(19-24)16-18-30-17-8-12-25(30)20-31-26-13-4-3-10-23(26)21-32-28-15-6-5-14-27(28)31;;/h3-7,9-11,13-15,19,25H,8,12,16-18,20-21H2,1-2H3;2*1H. The lowest BCUT2D eigenvalue weighted by Crippen LogP contribution is -2.39. The molecule has 3 aromatic carbocycles. The van der Waals surface area contributed by atoms with E-state index in [4.69, 9.17) is 4.74 Å². The summed E-state index contributed by atoms with van der Waals surface area (Å²) in [4.78, 5) is 7.37. The lowest BCUT2D eigenvalue weighted by molar-refractivity contribution is 0.261. The maximum atomic E-state index is 6.17. The van der Waals surface area contributed by atoms with Crippen LogP contribution in [-0.2, 0) is 13.0 Å². The maximum Gasteiger partial charge on any atom is 0.143 e. The molecule has 6 heteroatoms. The average Bonchev–Trinajstić information content (AvgIpc) is 3.21. The highest BCUT2D eigenvalue weighted by Gasteiger charge is 2.29. The molecule has 0 aliphatic carbocycles. The molecule has 1 unspecified atom stereocenters. The first-order valence-corrected chi connectivity index (χ1v) is 11.8. The largest absolute Gasteiger partial charge is 0.487 e. The molecule has 0 aromatic heterocycles. The van der Waals surface area contributed by atoms with Crippen LogP contribution in [0.2, 0.25) is 0 Å². The van der Waals surface area contributed by atoms with Crippen molar-refractivity contribution in [3.63, 3.8) is 0 Å². The third-order valence-corrected chi connectivity index (χ3v) is 6.83. The summed E-state index contributed by atoms with van der Waals surface area (Å²) >= 11 is 0. The van der Waals surface area contributed by atoms with Gasteiger partial charge in [0.15, 0.2) is 0 Å². The van der Waals surface area contributed by atoms with Crippen molar-refractivity contribution in [2.24, 2.45) is 0 Å². The Bertz CT molecular complexity index is 1030. The Hall–Kier alpha value is -2.40. The zero-order valence-corrected chi connectivity index (χ0v) is 21.7. The Morgan fingerprint density at radius 3 is 2.50 bits per heavy atom. The normalized spacial score (nSPS) is 16.9. The molecule has 0 N–H and O–H groups in total. The first-order valence-electron chi connectivity index (χ1n) is 11.8. The lowest BCUT2D eigenvalue weighted by atomic mass is 10.1. The third-order valence-electron chi connectivity index (χ3n) is 6.83. The zero-order valence-electron chi connectivity index (χ0n) is 20.0. The van der Waals surface area contributed by atoms with Crippen LogP contribution in [-0.4, -0.2) is 44.7 Å². The van der Waals surface area contributed by atoms with Gasteiger partial charge in [-0.3, -0.25) is 4.90 Å². The number of hydrogen-bond donors (Lipinski definition) is 0. The van der Waals surface area contributed by atoms with E-state index in [1.54, 1.807) is 0 Å². The molecule has 0 bridgehead atoms. The smallest absolute Gasteiger partial charge is 0.143 e. The second-order valence-electron chi connectivity index (χ2n) is 9.14. The number of hydrogen-bond acceptors (Lipinski definition) is 4. The van der Waals surface area contributed by atoms with E-state index in [0.29, 0.717) is 12.6 Å². The molecule has 1 fully saturated rings. The van der Waals surface area contributed by atoms with Crippen LogP contribution in [0.15, 0.2) is 72.8 Å². The van der Waals surface area contributed by atoms with Crippen molar-refractivity contribution in [3.8, 4) is 5.75 Å². The summed E-state index contributed by atoms with van der Waals surface area (Å²) in [7, 11) is 4.21. The van der Waals surface area contributed by atoms with Gasteiger partial charge in [-0.2, -0.15) is 0 Å². The molecule has 2 aliphatic heterocycles. The summed E-state index contributed by atoms with van der Waals surface area (Å²) in [5.41, 5.74) is 6.42. The van der Waals surface area contributed by atoms with Crippen LogP contribution in [0, 0.1) is 0 Å². The number of ether oxygens (including phenoxy) is 1. The number of halogens is 2. The number of rotatable bonds is 6. The predicted octanol–water partition coefficient (Wildman–Crippen LogP) is 6.33. The Kier molecular flexibility index (Phi) is 9.12. The van der Waals surface area contributed by atoms with Gasteiger partial charge in [0.05, 0.1) is 5.69 Å². The van der Waals surface area contributed by atoms with Crippen molar-refractivity contribution in [2.75, 3.05) is 43.5 Å². The van der Waals surface area contributed by atoms with E-state index in [9.17, 15) is 0 Å². The van der Waals surface area contributed by atoms with Gasteiger partial charge in [0, 0.05) is 50.2 Å². The number of fused-ring (bicyclic) bond motifs is 2. The number of likely N-dealkylation sites (tertiary alicyclic amines) is 1. The number of para-hydroxylation sites is 3. The van der Waals surface area contributed by atoms with Crippen LogP contribution >= 0.6 is 24.8 Å². The average molecular weight is 501 g/mol. The molecule has 34 heavy (non-hydrogen) atoms. The van der Waals surface area contributed by atoms with E-state index in [1.807, 2.05) is 0 Å². The zero-order chi connectivity index (χ0) is 21.9. The van der Waals surface area contributed by atoms with Crippen LogP contribution in [0.1, 0.15) is 24.0 Å². The molecule has 5 rings (SSSR count). The molecule has 2 aliphatic rings. The van der Waals surface area contributed by atoms with Crippen molar-refractivity contribution in [2.45, 2.75) is 31.9 Å². The molecule has 1 atom stereocenters. The molecule has 182 valence electrons. The highest BCUT2D eigenvalue weighted by Crippen LogP contribution is 2.40. The molecule has 0 spiro atoms. The molecule has 1 saturated heterocycles. The van der Waals surface area contributed by atoms with Crippen LogP contribution < -0.4 is 14.5 Å². The number of nitrogens with zero attached hydrogens (tertiary/aromatic N) is 3. The van der Waals surface area contributed by atoms with E-state index in [0.717, 1.165) is 25.3 Å². The summed E-state index contributed by atoms with van der Waals surface area (Å²) in [6, 6.07) is 26.7. The Balaban J connectivity index is 0.00000162. The first-order chi connectivity index (χ1) is 15.7. The first kappa shape index (κ1) is 26.2. The molecule has 0 amide bonds. The minimum Gasteiger partial charge on any atom is -0.487 e. The predicted molar refractivity (Wildman–Crippen MR) is 148 cm³/mol. The van der Waals surface area contributed by atoms with Gasteiger partial charge in [0.2, 0.25) is 0 Å². The van der Waals surface area contributed by atoms with Gasteiger partial charge in [-0.05, 0) is 61.7 Å². The fourth-order valence-corrected chi connectivity index (χ4v) is 5.05. The van der Waals surface area contributed by atoms with Crippen molar-refractivity contribution < 1.29 is 4.74 Å². The lowest BCUT2D eigenvalue weighted by Gasteiger charge is -2.32. The van der Waals surface area contributed by atoms with Crippen molar-refractivity contribution in [3.05, 3.63) is 83.9 Å². The van der Waals surface area contributed by atoms with Crippen LogP contribution in [0.3, 0.4) is 0 Å². The summed E-state index contributed by atoms with van der Waals surface area (Å²) in [6.45, 7) is 3.91. The van der Waals surface area contributed by atoms with Crippen LogP contribution in [0.25, 0.3) is 0 Å². The molecule has 2 heterocycles. The van der Waals surface area contributed by atoms with E-state index < -0.39 is 0 Å². The van der Waals surface area contributed by atoms with Gasteiger partial charge in [-0.15, -0.1) is 24.8 Å². The van der Waals surface area contributed by atoms with Crippen molar-refractivity contribution in [1.82, 2.24) is 4.90 Å². The van der Waals surface area contributed by atoms with Crippen molar-refractivity contribution in [1.29, 1.82) is 0 Å².